The molecule has 0 fully saturated rings. The molecule has 0 atom stereocenters. The predicted octanol–water partition coefficient (Wildman–Crippen LogP) is 4.49. The van der Waals surface area contributed by atoms with E-state index < -0.39 is 5.91 Å². The van der Waals surface area contributed by atoms with Crippen LogP contribution in [0.2, 0.25) is 0 Å². The number of rotatable bonds is 10. The first-order chi connectivity index (χ1) is 9.77. The fourth-order valence-electron chi connectivity index (χ4n) is 2.35. The molecule has 0 bridgehead atoms. The smallest absolute Gasteiger partial charge is 0.274 e. The number of carbonyl (C=O) groups is 1. The zero-order valence-corrected chi connectivity index (χ0v) is 12.5. The standard InChI is InChI=1S/C17H27NO2/c1-2-3-4-5-6-7-8-9-10-15-11-13-16(14-12-15)17(19)18-20/h11-14,20H,2-10H2,1H3,(H,18,19). The molecule has 3 heteroatoms. The lowest BCUT2D eigenvalue weighted by Crippen LogP contribution is -2.18. The number of nitrogens with one attached hydrogen (secondary N) is 1. The molecule has 1 aromatic carbocycles. The van der Waals surface area contributed by atoms with Gasteiger partial charge in [0.25, 0.3) is 5.91 Å². The van der Waals surface area contributed by atoms with Crippen LogP contribution >= 0.6 is 0 Å². The maximum atomic E-state index is 11.2. The molecule has 1 aromatic rings. The molecule has 1 rings (SSSR count). The van der Waals surface area contributed by atoms with Crippen molar-refractivity contribution in [2.45, 2.75) is 64.7 Å². The zero-order valence-electron chi connectivity index (χ0n) is 12.5. The molecule has 0 heterocycles. The summed E-state index contributed by atoms with van der Waals surface area (Å²) in [5.74, 6) is -0.455. The molecule has 0 aromatic heterocycles. The molecule has 20 heavy (non-hydrogen) atoms. The molecule has 0 saturated carbocycles. The number of unbranched alkanes of at least 4 members (excludes halogenated alkanes) is 7. The van der Waals surface area contributed by atoms with E-state index >= 15 is 0 Å². The van der Waals surface area contributed by atoms with E-state index in [1.807, 2.05) is 12.1 Å². The molecule has 3 nitrogen and oxygen atoms in total. The molecule has 0 aliphatic rings. The van der Waals surface area contributed by atoms with Crippen molar-refractivity contribution in [3.05, 3.63) is 35.4 Å². The Morgan fingerprint density at radius 1 is 0.950 bits per heavy atom. The molecule has 1 amide bonds. The van der Waals surface area contributed by atoms with Gasteiger partial charge < -0.3 is 0 Å². The van der Waals surface area contributed by atoms with Crippen molar-refractivity contribution in [3.63, 3.8) is 0 Å². The van der Waals surface area contributed by atoms with Crippen LogP contribution in [0, 0.1) is 0 Å². The van der Waals surface area contributed by atoms with Crippen LogP contribution in [0.1, 0.15) is 74.2 Å². The number of hydrogen-bond donors (Lipinski definition) is 2. The average Bonchev–Trinajstić information content (AvgIpc) is 2.50. The summed E-state index contributed by atoms with van der Waals surface area (Å²) >= 11 is 0. The summed E-state index contributed by atoms with van der Waals surface area (Å²) in [6.07, 6.45) is 11.7. The van der Waals surface area contributed by atoms with Crippen molar-refractivity contribution >= 4 is 5.91 Å². The van der Waals surface area contributed by atoms with Crippen molar-refractivity contribution in [3.8, 4) is 0 Å². The normalized spacial score (nSPS) is 10.5. The van der Waals surface area contributed by atoms with E-state index in [0.29, 0.717) is 5.56 Å². The third kappa shape index (κ3) is 6.71. The van der Waals surface area contributed by atoms with Crippen LogP contribution in [0.15, 0.2) is 24.3 Å². The Labute approximate surface area is 122 Å². The van der Waals surface area contributed by atoms with Gasteiger partial charge in [-0.05, 0) is 30.5 Å². The zero-order chi connectivity index (χ0) is 14.6. The van der Waals surface area contributed by atoms with Gasteiger partial charge in [0.15, 0.2) is 0 Å². The van der Waals surface area contributed by atoms with Crippen LogP contribution in [-0.4, -0.2) is 11.1 Å². The Hall–Kier alpha value is -1.35. The van der Waals surface area contributed by atoms with Crippen molar-refractivity contribution in [1.82, 2.24) is 5.48 Å². The summed E-state index contributed by atoms with van der Waals surface area (Å²) in [6, 6.07) is 7.44. The fraction of sp³-hybridized carbons (Fsp3) is 0.588. The Morgan fingerprint density at radius 2 is 1.50 bits per heavy atom. The van der Waals surface area contributed by atoms with E-state index in [-0.39, 0.29) is 0 Å². The van der Waals surface area contributed by atoms with E-state index in [1.165, 1.54) is 56.9 Å². The molecule has 0 aliphatic heterocycles. The van der Waals surface area contributed by atoms with Crippen LogP contribution in [-0.2, 0) is 6.42 Å². The summed E-state index contributed by atoms with van der Waals surface area (Å²) in [4.78, 5) is 11.2. The van der Waals surface area contributed by atoms with Gasteiger partial charge in [-0.1, -0.05) is 64.0 Å². The van der Waals surface area contributed by atoms with E-state index in [0.717, 1.165) is 6.42 Å². The first-order valence-corrected chi connectivity index (χ1v) is 7.81. The molecule has 0 unspecified atom stereocenters. The monoisotopic (exact) mass is 277 g/mol. The van der Waals surface area contributed by atoms with Crippen molar-refractivity contribution < 1.29 is 10.0 Å². The summed E-state index contributed by atoms with van der Waals surface area (Å²) in [7, 11) is 0. The summed E-state index contributed by atoms with van der Waals surface area (Å²) in [6.45, 7) is 2.25. The Balaban J connectivity index is 2.11. The van der Waals surface area contributed by atoms with Crippen LogP contribution in [0.25, 0.3) is 0 Å². The molecule has 112 valence electrons. The highest BCUT2D eigenvalue weighted by molar-refractivity contribution is 5.93. The van der Waals surface area contributed by atoms with Gasteiger partial charge in [-0.2, -0.15) is 0 Å². The van der Waals surface area contributed by atoms with Crippen LogP contribution in [0.5, 0.6) is 0 Å². The maximum Gasteiger partial charge on any atom is 0.274 e. The highest BCUT2D eigenvalue weighted by Gasteiger charge is 2.02. The lowest BCUT2D eigenvalue weighted by atomic mass is 10.0. The molecular weight excluding hydrogens is 250 g/mol. The Bertz CT molecular complexity index is 373. The first-order valence-electron chi connectivity index (χ1n) is 7.81. The van der Waals surface area contributed by atoms with E-state index in [1.54, 1.807) is 17.6 Å². The summed E-state index contributed by atoms with van der Waals surface area (Å²) < 4.78 is 0. The largest absolute Gasteiger partial charge is 0.288 e. The summed E-state index contributed by atoms with van der Waals surface area (Å²) in [5, 5.41) is 8.54. The van der Waals surface area contributed by atoms with Crippen molar-refractivity contribution in [2.24, 2.45) is 0 Å². The van der Waals surface area contributed by atoms with Crippen LogP contribution in [0.3, 0.4) is 0 Å². The molecule has 0 spiro atoms. The van der Waals surface area contributed by atoms with Gasteiger partial charge in [0.05, 0.1) is 0 Å². The SMILES string of the molecule is CCCCCCCCCCc1ccc(C(=O)NO)cc1. The third-order valence-corrected chi connectivity index (χ3v) is 3.64. The number of benzene rings is 1. The number of hydroxylamine groups is 1. The van der Waals surface area contributed by atoms with Gasteiger partial charge >= 0.3 is 0 Å². The van der Waals surface area contributed by atoms with E-state index in [2.05, 4.69) is 6.92 Å². The fourth-order valence-corrected chi connectivity index (χ4v) is 2.35. The Kier molecular flexibility index (Phi) is 8.72. The molecule has 0 saturated heterocycles. The maximum absolute atomic E-state index is 11.2. The second-order valence-corrected chi connectivity index (χ2v) is 5.36. The topological polar surface area (TPSA) is 49.3 Å². The lowest BCUT2D eigenvalue weighted by Gasteiger charge is -2.04. The van der Waals surface area contributed by atoms with Crippen LogP contribution in [0.4, 0.5) is 0 Å². The molecule has 0 radical (unpaired) electrons. The van der Waals surface area contributed by atoms with Crippen molar-refractivity contribution in [2.75, 3.05) is 0 Å². The number of carbonyl (C=O) groups excluding carboxylic acids is 1. The predicted molar refractivity (Wildman–Crippen MR) is 82.0 cm³/mol. The van der Waals surface area contributed by atoms with Gasteiger partial charge in [0.2, 0.25) is 0 Å². The number of hydrogen-bond acceptors (Lipinski definition) is 2. The number of amides is 1. The molecule has 2 N–H and O–H groups in total. The second-order valence-electron chi connectivity index (χ2n) is 5.36. The first kappa shape index (κ1) is 16.7. The Morgan fingerprint density at radius 3 is 2.05 bits per heavy atom. The van der Waals surface area contributed by atoms with Crippen LogP contribution < -0.4 is 5.48 Å². The van der Waals surface area contributed by atoms with Gasteiger partial charge in [0, 0.05) is 5.56 Å². The van der Waals surface area contributed by atoms with Gasteiger partial charge in [-0.15, -0.1) is 0 Å². The van der Waals surface area contributed by atoms with Gasteiger partial charge in [0.1, 0.15) is 0 Å². The third-order valence-electron chi connectivity index (χ3n) is 3.64. The minimum atomic E-state index is -0.455. The lowest BCUT2D eigenvalue weighted by molar-refractivity contribution is 0.0706. The minimum Gasteiger partial charge on any atom is -0.288 e. The number of aryl methyl sites for hydroxylation is 1. The second kappa shape index (κ2) is 10.4. The summed E-state index contributed by atoms with van der Waals surface area (Å²) in [5.41, 5.74) is 3.39. The highest BCUT2D eigenvalue weighted by Crippen LogP contribution is 2.12. The van der Waals surface area contributed by atoms with Gasteiger partial charge in [-0.3, -0.25) is 10.0 Å². The molecule has 0 aliphatic carbocycles. The van der Waals surface area contributed by atoms with Gasteiger partial charge in [-0.25, -0.2) is 5.48 Å². The van der Waals surface area contributed by atoms with E-state index in [9.17, 15) is 4.79 Å². The van der Waals surface area contributed by atoms with Crippen molar-refractivity contribution in [1.29, 1.82) is 0 Å². The quantitative estimate of drug-likeness (QED) is 0.376. The molecular formula is C17H27NO2. The highest BCUT2D eigenvalue weighted by atomic mass is 16.5. The van der Waals surface area contributed by atoms with E-state index in [4.69, 9.17) is 5.21 Å². The minimum absolute atomic E-state index is 0.455. The average molecular weight is 277 g/mol.